The van der Waals surface area contributed by atoms with E-state index in [1.54, 1.807) is 0 Å². The first-order valence-electron chi connectivity index (χ1n) is 2.07. The summed E-state index contributed by atoms with van der Waals surface area (Å²) in [5, 5.41) is -0.0741. The molecule has 4 N–H and O–H groups in total. The van der Waals surface area contributed by atoms with E-state index in [2.05, 4.69) is 15.9 Å². The topological polar surface area (TPSA) is 116 Å². The van der Waals surface area contributed by atoms with Crippen LogP contribution in [0.1, 0.15) is 0 Å². The number of rotatable bonds is 2. The Kier molecular flexibility index (Phi) is 2.57. The Labute approximate surface area is 57.6 Å². The van der Waals surface area contributed by atoms with Gasteiger partial charge in [-0.15, -0.1) is 9.46 Å². The molecule has 0 heterocycles. The number of hydroxylamine groups is 1. The summed E-state index contributed by atoms with van der Waals surface area (Å²) in [4.78, 5) is 10.0. The summed E-state index contributed by atoms with van der Waals surface area (Å²) in [7, 11) is -3.77. The van der Waals surface area contributed by atoms with Gasteiger partial charge < -0.3 is 5.73 Å². The van der Waals surface area contributed by atoms with E-state index in [4.69, 9.17) is 0 Å². The van der Waals surface area contributed by atoms with Crippen LogP contribution in [0.15, 0.2) is 0 Å². The predicted octanol–water partition coefficient (Wildman–Crippen LogP) is -1.87. The molecular formula is C2H7N3O4S. The second-order valence-electron chi connectivity index (χ2n) is 1.44. The van der Waals surface area contributed by atoms with Gasteiger partial charge in [0.15, 0.2) is 0 Å². The molecule has 0 aliphatic heterocycles. The third-order valence-electron chi connectivity index (χ3n) is 0.433. The molecular weight excluding hydrogens is 162 g/mol. The average molecular weight is 169 g/mol. The summed E-state index contributed by atoms with van der Waals surface area (Å²) in [5.74, 6) is 4.66. The molecule has 60 valence electrons. The largest absolute Gasteiger partial charge is 0.355 e. The molecule has 8 heteroatoms. The smallest absolute Gasteiger partial charge is 0.349 e. The van der Waals surface area contributed by atoms with Crippen molar-refractivity contribution < 1.29 is 17.5 Å². The van der Waals surface area contributed by atoms with Gasteiger partial charge in [0.25, 0.3) is 10.1 Å². The van der Waals surface area contributed by atoms with Crippen LogP contribution in [0.5, 0.6) is 0 Å². The monoisotopic (exact) mass is 169 g/mol. The van der Waals surface area contributed by atoms with Crippen LogP contribution in [-0.2, 0) is 14.4 Å². The maximum Gasteiger partial charge on any atom is 0.355 e. The minimum Gasteiger partial charge on any atom is -0.349 e. The lowest BCUT2D eigenvalue weighted by atomic mass is 11.1. The summed E-state index contributed by atoms with van der Waals surface area (Å²) >= 11 is 0. The SMILES string of the molecule is CS(=O)(=O)ON(N)C(N)=O. The van der Waals surface area contributed by atoms with Gasteiger partial charge in [0, 0.05) is 0 Å². The van der Waals surface area contributed by atoms with Gasteiger partial charge in [-0.1, -0.05) is 0 Å². The minimum atomic E-state index is -3.77. The fourth-order valence-corrected chi connectivity index (χ4v) is 0.548. The van der Waals surface area contributed by atoms with Crippen LogP contribution in [-0.4, -0.2) is 25.9 Å². The highest BCUT2D eigenvalue weighted by Crippen LogP contribution is 1.87. The maximum absolute atomic E-state index is 10.2. The number of carbonyl (C=O) groups excluding carboxylic acids is 1. The van der Waals surface area contributed by atoms with Crippen LogP contribution in [0.2, 0.25) is 0 Å². The van der Waals surface area contributed by atoms with E-state index in [1.807, 2.05) is 0 Å². The van der Waals surface area contributed by atoms with Crippen molar-refractivity contribution in [1.29, 1.82) is 0 Å². The number of hydrazine groups is 1. The van der Waals surface area contributed by atoms with Gasteiger partial charge in [-0.2, -0.15) is 8.42 Å². The Morgan fingerprint density at radius 3 is 2.10 bits per heavy atom. The molecule has 2 amide bonds. The molecule has 0 aromatic carbocycles. The van der Waals surface area contributed by atoms with Gasteiger partial charge in [0.2, 0.25) is 0 Å². The molecule has 0 saturated heterocycles. The standard InChI is InChI=1S/C2H7N3O4S/c1-10(7,8)9-5(4)2(3)6/h4H2,1H3,(H2,3,6). The van der Waals surface area contributed by atoms with E-state index in [9.17, 15) is 13.2 Å². The molecule has 0 spiro atoms. The molecule has 0 fully saturated rings. The summed E-state index contributed by atoms with van der Waals surface area (Å²) in [6.45, 7) is 0. The zero-order chi connectivity index (χ0) is 8.36. The normalized spacial score (nSPS) is 11.0. The number of amides is 2. The summed E-state index contributed by atoms with van der Waals surface area (Å²) in [6.07, 6.45) is 0.732. The van der Waals surface area contributed by atoms with Crippen molar-refractivity contribution in [2.45, 2.75) is 0 Å². The quantitative estimate of drug-likeness (QED) is 0.285. The maximum atomic E-state index is 10.2. The van der Waals surface area contributed by atoms with Gasteiger partial charge in [-0.05, 0) is 0 Å². The van der Waals surface area contributed by atoms with E-state index in [-0.39, 0.29) is 5.17 Å². The average Bonchev–Trinajstić information content (AvgIpc) is 1.60. The lowest BCUT2D eigenvalue weighted by Gasteiger charge is -2.09. The number of nitrogens with zero attached hydrogens (tertiary/aromatic N) is 1. The van der Waals surface area contributed by atoms with Crippen molar-refractivity contribution in [3.05, 3.63) is 0 Å². The van der Waals surface area contributed by atoms with E-state index >= 15 is 0 Å². The van der Waals surface area contributed by atoms with Crippen molar-refractivity contribution >= 4 is 16.1 Å². The predicted molar refractivity (Wildman–Crippen MR) is 31.5 cm³/mol. The van der Waals surface area contributed by atoms with Crippen molar-refractivity contribution in [3.8, 4) is 0 Å². The number of urea groups is 1. The molecule has 0 radical (unpaired) electrons. The molecule has 0 aliphatic rings. The summed E-state index contributed by atoms with van der Waals surface area (Å²) in [6, 6.07) is -1.19. The molecule has 0 saturated carbocycles. The first-order valence-corrected chi connectivity index (χ1v) is 3.88. The summed E-state index contributed by atoms with van der Waals surface area (Å²) < 4.78 is 24.2. The van der Waals surface area contributed by atoms with Crippen LogP contribution in [0, 0.1) is 0 Å². The lowest BCUT2D eigenvalue weighted by Crippen LogP contribution is -2.42. The molecule has 0 atom stereocenters. The van der Waals surface area contributed by atoms with E-state index in [0.29, 0.717) is 0 Å². The van der Waals surface area contributed by atoms with Crippen LogP contribution in [0.3, 0.4) is 0 Å². The number of primary amides is 1. The molecule has 0 aromatic rings. The number of hydrogen-bond acceptors (Lipinski definition) is 5. The molecule has 0 aliphatic carbocycles. The van der Waals surface area contributed by atoms with Crippen molar-refractivity contribution in [1.82, 2.24) is 5.17 Å². The lowest BCUT2D eigenvalue weighted by molar-refractivity contribution is -0.00170. The number of hydrogen-bond donors (Lipinski definition) is 2. The molecule has 0 rings (SSSR count). The van der Waals surface area contributed by atoms with E-state index in [0.717, 1.165) is 6.26 Å². The number of carbonyl (C=O) groups is 1. The Balaban J connectivity index is 4.06. The van der Waals surface area contributed by atoms with Crippen LogP contribution in [0.25, 0.3) is 0 Å². The zero-order valence-corrected chi connectivity index (χ0v) is 5.96. The van der Waals surface area contributed by atoms with Crippen molar-refractivity contribution in [3.63, 3.8) is 0 Å². The first kappa shape index (κ1) is 9.14. The number of nitrogens with two attached hydrogens (primary N) is 2. The second-order valence-corrected chi connectivity index (χ2v) is 3.00. The Hall–Kier alpha value is -0.860. The van der Waals surface area contributed by atoms with Gasteiger partial charge in [-0.3, -0.25) is 0 Å². The fourth-order valence-electron chi connectivity index (χ4n) is 0.183. The van der Waals surface area contributed by atoms with Gasteiger partial charge in [-0.25, -0.2) is 10.6 Å². The third kappa shape index (κ3) is 4.06. The van der Waals surface area contributed by atoms with Crippen LogP contribution >= 0.6 is 0 Å². The molecule has 0 unspecified atom stereocenters. The highest BCUT2D eigenvalue weighted by molar-refractivity contribution is 7.85. The Morgan fingerprint density at radius 1 is 1.60 bits per heavy atom. The van der Waals surface area contributed by atoms with Crippen molar-refractivity contribution in [2.24, 2.45) is 11.6 Å². The van der Waals surface area contributed by atoms with E-state index < -0.39 is 16.1 Å². The zero-order valence-electron chi connectivity index (χ0n) is 5.14. The molecule has 10 heavy (non-hydrogen) atoms. The van der Waals surface area contributed by atoms with Gasteiger partial charge in [0.1, 0.15) is 0 Å². The minimum absolute atomic E-state index is 0.0741. The molecule has 0 aromatic heterocycles. The molecule has 0 bridgehead atoms. The highest BCUT2D eigenvalue weighted by Gasteiger charge is 2.11. The van der Waals surface area contributed by atoms with Crippen LogP contribution < -0.4 is 11.6 Å². The van der Waals surface area contributed by atoms with Crippen molar-refractivity contribution in [2.75, 3.05) is 6.26 Å². The fraction of sp³-hybridized carbons (Fsp3) is 0.500. The van der Waals surface area contributed by atoms with Crippen LogP contribution in [0.4, 0.5) is 4.79 Å². The van der Waals surface area contributed by atoms with Gasteiger partial charge >= 0.3 is 6.03 Å². The van der Waals surface area contributed by atoms with Gasteiger partial charge in [0.05, 0.1) is 6.26 Å². The Morgan fingerprint density at radius 2 is 2.00 bits per heavy atom. The molecule has 7 nitrogen and oxygen atoms in total. The Bertz CT molecular complexity index is 221. The first-order chi connectivity index (χ1) is 4.33. The third-order valence-corrected chi connectivity index (χ3v) is 0.864. The second kappa shape index (κ2) is 2.82. The highest BCUT2D eigenvalue weighted by atomic mass is 32.2. The van der Waals surface area contributed by atoms with E-state index in [1.165, 1.54) is 0 Å². The summed E-state index contributed by atoms with van der Waals surface area (Å²) in [5.41, 5.74) is 4.52.